The number of hydrogen-bond acceptors (Lipinski definition) is 6. The van der Waals surface area contributed by atoms with E-state index >= 15 is 0 Å². The van der Waals surface area contributed by atoms with E-state index in [2.05, 4.69) is 4.99 Å². The Hall–Kier alpha value is -3.71. The minimum Gasteiger partial charge on any atom is -0.497 e. The van der Waals surface area contributed by atoms with Gasteiger partial charge in [-0.3, -0.25) is 9.36 Å². The monoisotopic (exact) mass is 474 g/mol. The zero-order valence-electron chi connectivity index (χ0n) is 19.5. The summed E-state index contributed by atoms with van der Waals surface area (Å²) in [5, 5.41) is 0. The van der Waals surface area contributed by atoms with Crippen molar-refractivity contribution < 1.29 is 14.3 Å². The van der Waals surface area contributed by atoms with Crippen LogP contribution >= 0.6 is 11.3 Å². The van der Waals surface area contributed by atoms with Crippen molar-refractivity contribution in [1.29, 1.82) is 0 Å². The maximum Gasteiger partial charge on any atom is 0.338 e. The van der Waals surface area contributed by atoms with Crippen LogP contribution in [0.15, 0.2) is 81.7 Å². The number of nitrogens with zero attached hydrogens (tertiary/aromatic N) is 2. The normalized spacial score (nSPS) is 16.0. The third kappa shape index (κ3) is 4.79. The van der Waals surface area contributed by atoms with Gasteiger partial charge in [0.1, 0.15) is 5.75 Å². The number of carbonyl (C=O) groups is 1. The molecule has 2 aromatic carbocycles. The maximum absolute atomic E-state index is 13.5. The Morgan fingerprint density at radius 3 is 2.47 bits per heavy atom. The molecule has 0 saturated heterocycles. The number of rotatable bonds is 6. The Morgan fingerprint density at radius 1 is 1.12 bits per heavy atom. The second-order valence-corrected chi connectivity index (χ2v) is 9.11. The largest absolute Gasteiger partial charge is 0.497 e. The molecule has 1 aromatic heterocycles. The Balaban J connectivity index is 1.85. The lowest BCUT2D eigenvalue weighted by molar-refractivity contribution is -0.143. The summed E-state index contributed by atoms with van der Waals surface area (Å²) in [5.41, 5.74) is 2.51. The molecule has 0 spiro atoms. The standard InChI is InChI=1S/C27H26N2O4S/c1-17(2)33-26(31)23-18(3)28-27-29(24(23)20-13-15-21(32-4)16-14-20)25(30)22(34-27)12-8-11-19-9-6-5-7-10-19/h5-17,24H,1-4H3/b11-8+,22-12+/t24-/m1/s1. The molecule has 1 aliphatic rings. The first-order chi connectivity index (χ1) is 16.4. The first kappa shape index (κ1) is 23.4. The van der Waals surface area contributed by atoms with E-state index in [1.165, 1.54) is 11.3 Å². The fraction of sp³-hybridized carbons (Fsp3) is 0.222. The molecule has 0 radical (unpaired) electrons. The van der Waals surface area contributed by atoms with Gasteiger partial charge in [0.25, 0.3) is 5.56 Å². The summed E-state index contributed by atoms with van der Waals surface area (Å²) in [4.78, 5) is 31.7. The van der Waals surface area contributed by atoms with E-state index in [-0.39, 0.29) is 11.7 Å². The van der Waals surface area contributed by atoms with Crippen molar-refractivity contribution in [3.63, 3.8) is 0 Å². The summed E-state index contributed by atoms with van der Waals surface area (Å²) in [6.45, 7) is 5.37. The number of hydrogen-bond donors (Lipinski definition) is 0. The molecule has 6 nitrogen and oxygen atoms in total. The van der Waals surface area contributed by atoms with Gasteiger partial charge in [0.05, 0.1) is 35.1 Å². The number of aromatic nitrogens is 1. The van der Waals surface area contributed by atoms with Crippen molar-refractivity contribution in [2.24, 2.45) is 4.99 Å². The van der Waals surface area contributed by atoms with Crippen LogP contribution in [0, 0.1) is 0 Å². The number of benzene rings is 2. The molecule has 0 bridgehead atoms. The van der Waals surface area contributed by atoms with Crippen LogP contribution < -0.4 is 19.6 Å². The molecule has 4 rings (SSSR count). The summed E-state index contributed by atoms with van der Waals surface area (Å²) < 4.78 is 12.9. The van der Waals surface area contributed by atoms with Crippen LogP contribution in [0.5, 0.6) is 5.75 Å². The first-order valence-corrected chi connectivity index (χ1v) is 11.8. The van der Waals surface area contributed by atoms with Crippen LogP contribution in [0.2, 0.25) is 0 Å². The Kier molecular flexibility index (Phi) is 6.93. The van der Waals surface area contributed by atoms with E-state index in [0.717, 1.165) is 11.1 Å². The van der Waals surface area contributed by atoms with E-state index < -0.39 is 12.0 Å². The number of esters is 1. The number of ether oxygens (including phenoxy) is 2. The van der Waals surface area contributed by atoms with Crippen molar-refractivity contribution in [2.45, 2.75) is 32.9 Å². The molecule has 1 aliphatic heterocycles. The van der Waals surface area contributed by atoms with Gasteiger partial charge < -0.3 is 9.47 Å². The lowest BCUT2D eigenvalue weighted by Crippen LogP contribution is -2.40. The topological polar surface area (TPSA) is 69.9 Å². The number of allylic oxidation sites excluding steroid dienone is 2. The first-order valence-electron chi connectivity index (χ1n) is 11.0. The van der Waals surface area contributed by atoms with Crippen molar-refractivity contribution in [3.8, 4) is 5.75 Å². The zero-order valence-corrected chi connectivity index (χ0v) is 20.3. The van der Waals surface area contributed by atoms with E-state index in [9.17, 15) is 9.59 Å². The number of methoxy groups -OCH3 is 1. The number of carbonyl (C=O) groups excluding carboxylic acids is 1. The fourth-order valence-electron chi connectivity index (χ4n) is 3.79. The minimum atomic E-state index is -0.645. The minimum absolute atomic E-state index is 0.204. The van der Waals surface area contributed by atoms with E-state index in [1.807, 2.05) is 66.7 Å². The molecule has 0 amide bonds. The molecule has 34 heavy (non-hydrogen) atoms. The van der Waals surface area contributed by atoms with E-state index in [1.54, 1.807) is 38.5 Å². The average molecular weight is 475 g/mol. The number of thiazole rings is 1. The predicted octanol–water partition coefficient (Wildman–Crippen LogP) is 3.86. The molecule has 0 saturated carbocycles. The summed E-state index contributed by atoms with van der Waals surface area (Å²) in [6.07, 6.45) is 5.28. The third-order valence-electron chi connectivity index (χ3n) is 5.35. The van der Waals surface area contributed by atoms with Gasteiger partial charge in [0, 0.05) is 0 Å². The smallest absolute Gasteiger partial charge is 0.338 e. The molecule has 3 aromatic rings. The van der Waals surface area contributed by atoms with Gasteiger partial charge in [0.2, 0.25) is 0 Å². The highest BCUT2D eigenvalue weighted by Gasteiger charge is 2.33. The quantitative estimate of drug-likeness (QED) is 0.509. The van der Waals surface area contributed by atoms with Crippen molar-refractivity contribution >= 4 is 29.5 Å². The fourth-order valence-corrected chi connectivity index (χ4v) is 4.78. The van der Waals surface area contributed by atoms with Crippen LogP contribution in [-0.2, 0) is 9.53 Å². The summed E-state index contributed by atoms with van der Waals surface area (Å²) in [5.74, 6) is 0.213. The van der Waals surface area contributed by atoms with Crippen LogP contribution in [0.3, 0.4) is 0 Å². The lowest BCUT2D eigenvalue weighted by atomic mass is 9.96. The highest BCUT2D eigenvalue weighted by Crippen LogP contribution is 2.31. The summed E-state index contributed by atoms with van der Waals surface area (Å²) >= 11 is 1.30. The van der Waals surface area contributed by atoms with Gasteiger partial charge in [-0.2, -0.15) is 0 Å². The van der Waals surface area contributed by atoms with Crippen molar-refractivity contribution in [3.05, 3.63) is 103 Å². The molecule has 0 fully saturated rings. The molecule has 0 unspecified atom stereocenters. The molecule has 7 heteroatoms. The molecule has 2 heterocycles. The van der Waals surface area contributed by atoms with Crippen molar-refractivity contribution in [2.75, 3.05) is 7.11 Å². The van der Waals surface area contributed by atoms with E-state index in [0.29, 0.717) is 26.4 Å². The molecule has 0 aliphatic carbocycles. The van der Waals surface area contributed by atoms with Gasteiger partial charge in [-0.15, -0.1) is 0 Å². The van der Waals surface area contributed by atoms with Crippen LogP contribution in [0.25, 0.3) is 12.2 Å². The highest BCUT2D eigenvalue weighted by molar-refractivity contribution is 7.07. The Labute approximate surface area is 201 Å². The second kappa shape index (κ2) is 10.1. The van der Waals surface area contributed by atoms with Gasteiger partial charge in [-0.1, -0.05) is 66.0 Å². The molecule has 1 atom stereocenters. The van der Waals surface area contributed by atoms with Gasteiger partial charge >= 0.3 is 5.97 Å². The molecule has 0 N–H and O–H groups in total. The summed E-state index contributed by atoms with van der Waals surface area (Å²) in [7, 11) is 1.59. The lowest BCUT2D eigenvalue weighted by Gasteiger charge is -2.25. The Bertz CT molecular complexity index is 1430. The summed E-state index contributed by atoms with van der Waals surface area (Å²) in [6, 6.07) is 16.6. The maximum atomic E-state index is 13.5. The van der Waals surface area contributed by atoms with Crippen LogP contribution in [-0.4, -0.2) is 23.8 Å². The number of fused-ring (bicyclic) bond motifs is 1. The predicted molar refractivity (Wildman–Crippen MR) is 134 cm³/mol. The van der Waals surface area contributed by atoms with E-state index in [4.69, 9.17) is 9.47 Å². The third-order valence-corrected chi connectivity index (χ3v) is 6.35. The average Bonchev–Trinajstić information content (AvgIpc) is 3.13. The zero-order chi connectivity index (χ0) is 24.2. The van der Waals surface area contributed by atoms with Crippen LogP contribution in [0.4, 0.5) is 0 Å². The van der Waals surface area contributed by atoms with Gasteiger partial charge in [0.15, 0.2) is 4.80 Å². The van der Waals surface area contributed by atoms with Gasteiger partial charge in [-0.05, 0) is 50.1 Å². The molecular weight excluding hydrogens is 448 g/mol. The molecule has 174 valence electrons. The second-order valence-electron chi connectivity index (χ2n) is 8.10. The molecular formula is C27H26N2O4S. The van der Waals surface area contributed by atoms with Gasteiger partial charge in [-0.25, -0.2) is 9.79 Å². The van der Waals surface area contributed by atoms with Crippen molar-refractivity contribution in [1.82, 2.24) is 4.57 Å². The Morgan fingerprint density at radius 2 is 1.82 bits per heavy atom. The highest BCUT2D eigenvalue weighted by atomic mass is 32.1. The SMILES string of the molecule is COc1ccc([C@@H]2C(C(=O)OC(C)C)=C(C)N=c3s/c(=C/C=C/c4ccccc4)c(=O)n32)cc1. The van der Waals surface area contributed by atoms with Crippen LogP contribution in [0.1, 0.15) is 37.9 Å².